The lowest BCUT2D eigenvalue weighted by Gasteiger charge is -2.24. The van der Waals surface area contributed by atoms with Crippen LogP contribution >= 0.6 is 22.9 Å². The summed E-state index contributed by atoms with van der Waals surface area (Å²) in [6.45, 7) is 3.66. The summed E-state index contributed by atoms with van der Waals surface area (Å²) in [5.74, 6) is -0.751. The second-order valence-electron chi connectivity index (χ2n) is 8.41. The number of halogens is 1. The lowest BCUT2D eigenvalue weighted by molar-refractivity contribution is -0.139. The highest BCUT2D eigenvalue weighted by Gasteiger charge is 2.33. The zero-order valence-corrected chi connectivity index (χ0v) is 21.9. The van der Waals surface area contributed by atoms with E-state index in [2.05, 4.69) is 4.99 Å². The van der Waals surface area contributed by atoms with Crippen molar-refractivity contribution in [1.82, 2.24) is 4.57 Å². The second-order valence-corrected chi connectivity index (χ2v) is 9.83. The van der Waals surface area contributed by atoms with Gasteiger partial charge in [-0.2, -0.15) is 0 Å². The third-order valence-electron chi connectivity index (χ3n) is 6.02. The van der Waals surface area contributed by atoms with Gasteiger partial charge in [0.05, 0.1) is 39.0 Å². The van der Waals surface area contributed by atoms with Gasteiger partial charge in [0.1, 0.15) is 11.5 Å². The van der Waals surface area contributed by atoms with E-state index in [9.17, 15) is 19.5 Å². The first kappa shape index (κ1) is 25.4. The molecule has 3 heterocycles. The number of esters is 1. The first-order valence-corrected chi connectivity index (χ1v) is 12.9. The van der Waals surface area contributed by atoms with E-state index in [1.807, 2.05) is 30.3 Å². The molecule has 5 rings (SSSR count). The van der Waals surface area contributed by atoms with E-state index in [0.29, 0.717) is 37.7 Å². The summed E-state index contributed by atoms with van der Waals surface area (Å²) in [6.07, 6.45) is 1.62. The number of hydrogen-bond acceptors (Lipinski definition) is 7. The first-order valence-electron chi connectivity index (χ1n) is 11.7. The normalized spacial score (nSPS) is 15.2. The molecule has 1 aliphatic heterocycles. The molecule has 0 saturated heterocycles. The van der Waals surface area contributed by atoms with E-state index in [4.69, 9.17) is 20.8 Å². The number of allylic oxidation sites excluding steroid dienone is 1. The van der Waals surface area contributed by atoms with Crippen LogP contribution in [0.4, 0.5) is 0 Å². The molecule has 0 radical (unpaired) electrons. The van der Waals surface area contributed by atoms with E-state index in [1.54, 1.807) is 38.1 Å². The molecule has 0 spiro atoms. The number of furan rings is 1. The monoisotopic (exact) mass is 548 g/mol. The topological polar surface area (TPSA) is 111 Å². The zero-order valence-electron chi connectivity index (χ0n) is 20.3. The van der Waals surface area contributed by atoms with E-state index >= 15 is 0 Å². The smallest absolute Gasteiger partial charge is 0.338 e. The van der Waals surface area contributed by atoms with Crippen LogP contribution in [0.25, 0.3) is 17.4 Å². The standard InChI is InChI=1S/C28H21ClN2O6S/c1-3-36-27(35)23-15(2)30-28-31(24(23)16-7-5-4-6-8-16)25(32)22(38-28)14-18-10-12-21(37-18)17-9-11-19(26(33)34)20(29)13-17/h4-14,24H,3H2,1-2H3,(H,33,34)/b22-14+/t24-/m0/s1. The Kier molecular flexibility index (Phi) is 6.88. The van der Waals surface area contributed by atoms with Gasteiger partial charge in [0.25, 0.3) is 5.56 Å². The number of carbonyl (C=O) groups excluding carboxylic acids is 1. The van der Waals surface area contributed by atoms with Crippen molar-refractivity contribution < 1.29 is 23.8 Å². The van der Waals surface area contributed by atoms with Crippen LogP contribution in [0.2, 0.25) is 5.02 Å². The number of ether oxygens (including phenoxy) is 1. The van der Waals surface area contributed by atoms with E-state index < -0.39 is 18.0 Å². The summed E-state index contributed by atoms with van der Waals surface area (Å²) >= 11 is 7.29. The van der Waals surface area contributed by atoms with Crippen molar-refractivity contribution in [2.24, 2.45) is 4.99 Å². The minimum Gasteiger partial charge on any atom is -0.478 e. The number of carbonyl (C=O) groups is 2. The van der Waals surface area contributed by atoms with Crippen molar-refractivity contribution in [3.63, 3.8) is 0 Å². The predicted octanol–water partition coefficient (Wildman–Crippen LogP) is 4.41. The molecule has 1 aliphatic rings. The third-order valence-corrected chi connectivity index (χ3v) is 7.31. The van der Waals surface area contributed by atoms with Gasteiger partial charge in [-0.25, -0.2) is 14.6 Å². The highest BCUT2D eigenvalue weighted by molar-refractivity contribution is 7.07. The summed E-state index contributed by atoms with van der Waals surface area (Å²) in [5.41, 5.74) is 1.85. The minimum atomic E-state index is -1.12. The molecule has 0 unspecified atom stereocenters. The molecule has 38 heavy (non-hydrogen) atoms. The largest absolute Gasteiger partial charge is 0.478 e. The van der Waals surface area contributed by atoms with Crippen molar-refractivity contribution in [3.8, 4) is 11.3 Å². The van der Waals surface area contributed by atoms with Crippen LogP contribution in [-0.4, -0.2) is 28.2 Å². The summed E-state index contributed by atoms with van der Waals surface area (Å²) in [4.78, 5) is 42.8. The number of rotatable bonds is 6. The van der Waals surface area contributed by atoms with Gasteiger partial charge >= 0.3 is 11.9 Å². The van der Waals surface area contributed by atoms with Gasteiger partial charge in [0, 0.05) is 11.6 Å². The molecular formula is C28H21ClN2O6S. The summed E-state index contributed by atoms with van der Waals surface area (Å²) in [7, 11) is 0. The van der Waals surface area contributed by atoms with E-state index in [-0.39, 0.29) is 22.8 Å². The number of aromatic carboxylic acids is 1. The number of thiazole rings is 1. The van der Waals surface area contributed by atoms with Crippen LogP contribution in [0.1, 0.15) is 41.6 Å². The molecule has 2 aromatic heterocycles. The Morgan fingerprint density at radius 1 is 1.18 bits per heavy atom. The molecule has 8 nitrogen and oxygen atoms in total. The lowest BCUT2D eigenvalue weighted by atomic mass is 9.96. The highest BCUT2D eigenvalue weighted by Crippen LogP contribution is 2.31. The van der Waals surface area contributed by atoms with E-state index in [1.165, 1.54) is 28.0 Å². The van der Waals surface area contributed by atoms with Crippen LogP contribution in [-0.2, 0) is 9.53 Å². The maximum Gasteiger partial charge on any atom is 0.338 e. The fourth-order valence-electron chi connectivity index (χ4n) is 4.30. The van der Waals surface area contributed by atoms with E-state index in [0.717, 1.165) is 5.56 Å². The van der Waals surface area contributed by atoms with Gasteiger partial charge < -0.3 is 14.3 Å². The molecular weight excluding hydrogens is 528 g/mol. The predicted molar refractivity (Wildman–Crippen MR) is 143 cm³/mol. The number of benzene rings is 2. The van der Waals surface area contributed by atoms with Crippen LogP contribution in [0.5, 0.6) is 0 Å². The van der Waals surface area contributed by atoms with Gasteiger partial charge in [0.2, 0.25) is 0 Å². The molecule has 10 heteroatoms. The summed E-state index contributed by atoms with van der Waals surface area (Å²) in [6, 6.07) is 16.5. The Hall–Kier alpha value is -4.21. The lowest BCUT2D eigenvalue weighted by Crippen LogP contribution is -2.39. The molecule has 0 saturated carbocycles. The molecule has 4 aromatic rings. The number of fused-ring (bicyclic) bond motifs is 1. The van der Waals surface area contributed by atoms with Crippen molar-refractivity contribution in [3.05, 3.63) is 114 Å². The maximum atomic E-state index is 13.6. The molecule has 0 bridgehead atoms. The van der Waals surface area contributed by atoms with Crippen molar-refractivity contribution in [1.29, 1.82) is 0 Å². The first-order chi connectivity index (χ1) is 18.3. The summed E-state index contributed by atoms with van der Waals surface area (Å²) < 4.78 is 13.1. The van der Waals surface area contributed by atoms with Gasteiger partial charge in [-0.1, -0.05) is 59.3 Å². The average Bonchev–Trinajstić information content (AvgIpc) is 3.48. The number of carboxylic acid groups (broad SMARTS) is 1. The number of carboxylic acids is 1. The fourth-order valence-corrected chi connectivity index (χ4v) is 5.59. The van der Waals surface area contributed by atoms with Crippen LogP contribution < -0.4 is 14.9 Å². The Morgan fingerprint density at radius 2 is 1.95 bits per heavy atom. The average molecular weight is 549 g/mol. The number of nitrogens with zero attached hydrogens (tertiary/aromatic N) is 2. The second kappa shape index (κ2) is 10.3. The quantitative estimate of drug-likeness (QED) is 0.357. The molecule has 0 fully saturated rings. The number of aromatic nitrogens is 1. The van der Waals surface area contributed by atoms with Crippen LogP contribution in [0.3, 0.4) is 0 Å². The number of hydrogen-bond donors (Lipinski definition) is 1. The third kappa shape index (κ3) is 4.62. The van der Waals surface area contributed by atoms with Crippen LogP contribution in [0, 0.1) is 0 Å². The zero-order chi connectivity index (χ0) is 27.0. The Labute approximate surface area is 225 Å². The van der Waals surface area contributed by atoms with Gasteiger partial charge in [-0.3, -0.25) is 9.36 Å². The van der Waals surface area contributed by atoms with Crippen molar-refractivity contribution in [2.75, 3.05) is 6.61 Å². The molecule has 2 aromatic carbocycles. The Bertz CT molecular complexity index is 1780. The molecule has 1 atom stereocenters. The minimum absolute atomic E-state index is 0.00578. The Balaban J connectivity index is 1.59. The highest BCUT2D eigenvalue weighted by atomic mass is 35.5. The Morgan fingerprint density at radius 3 is 2.63 bits per heavy atom. The maximum absolute atomic E-state index is 13.6. The van der Waals surface area contributed by atoms with Crippen LogP contribution in [0.15, 0.2) is 86.1 Å². The van der Waals surface area contributed by atoms with Gasteiger partial charge in [-0.15, -0.1) is 0 Å². The fraction of sp³-hybridized carbons (Fsp3) is 0.143. The molecule has 1 N–H and O–H groups in total. The van der Waals surface area contributed by atoms with Gasteiger partial charge in [0.15, 0.2) is 4.80 Å². The van der Waals surface area contributed by atoms with Crippen molar-refractivity contribution >= 4 is 41.0 Å². The SMILES string of the molecule is CCOC(=O)C1=C(C)N=c2s/c(=C/c3ccc(-c4ccc(C(=O)O)c(Cl)c4)o3)c(=O)n2[C@H]1c1ccccc1. The van der Waals surface area contributed by atoms with Gasteiger partial charge in [-0.05, 0) is 43.7 Å². The molecule has 192 valence electrons. The van der Waals surface area contributed by atoms with Crippen molar-refractivity contribution in [2.45, 2.75) is 19.9 Å². The molecule has 0 aliphatic carbocycles. The molecule has 0 amide bonds. The summed E-state index contributed by atoms with van der Waals surface area (Å²) in [5, 5.41) is 9.28.